The maximum Gasteiger partial charge on any atom is 0.163 e. The van der Waals surface area contributed by atoms with E-state index in [1.807, 2.05) is 51.1 Å². The van der Waals surface area contributed by atoms with E-state index in [1.165, 1.54) is 0 Å². The van der Waals surface area contributed by atoms with Gasteiger partial charge < -0.3 is 14.2 Å². The molecule has 1 aromatic carbocycles. The zero-order valence-electron chi connectivity index (χ0n) is 11.8. The predicted octanol–water partition coefficient (Wildman–Crippen LogP) is 3.30. The van der Waals surface area contributed by atoms with Crippen LogP contribution >= 0.6 is 0 Å². The standard InChI is InChI=1S/C16H22O3/c1-5-14(15-12(2)18-16(3,4)19-15)17-11-13-9-7-6-8-10-13/h5-10,12,14-15H,1,11H2,2-4H3/t12-,14+,15+/m0/s1. The van der Waals surface area contributed by atoms with Gasteiger partial charge in [-0.05, 0) is 26.3 Å². The summed E-state index contributed by atoms with van der Waals surface area (Å²) in [6, 6.07) is 10.1. The Balaban J connectivity index is 1.95. The summed E-state index contributed by atoms with van der Waals surface area (Å²) in [6.45, 7) is 10.2. The van der Waals surface area contributed by atoms with Gasteiger partial charge in [-0.15, -0.1) is 6.58 Å². The summed E-state index contributed by atoms with van der Waals surface area (Å²) < 4.78 is 17.5. The summed E-state index contributed by atoms with van der Waals surface area (Å²) in [5.74, 6) is -0.554. The molecule has 0 amide bonds. The Morgan fingerprint density at radius 3 is 2.53 bits per heavy atom. The van der Waals surface area contributed by atoms with Crippen LogP contribution in [0.15, 0.2) is 43.0 Å². The third-order valence-corrected chi connectivity index (χ3v) is 3.19. The lowest BCUT2D eigenvalue weighted by Crippen LogP contribution is -2.34. The molecule has 0 N–H and O–H groups in total. The van der Waals surface area contributed by atoms with Gasteiger partial charge in [-0.3, -0.25) is 0 Å². The van der Waals surface area contributed by atoms with E-state index in [0.29, 0.717) is 6.61 Å². The minimum atomic E-state index is -0.554. The number of rotatable bonds is 5. The van der Waals surface area contributed by atoms with E-state index in [0.717, 1.165) is 5.56 Å². The van der Waals surface area contributed by atoms with Crippen LogP contribution in [-0.4, -0.2) is 24.1 Å². The molecule has 0 saturated carbocycles. The van der Waals surface area contributed by atoms with E-state index in [2.05, 4.69) is 6.58 Å². The molecule has 0 bridgehead atoms. The molecule has 1 saturated heterocycles. The quantitative estimate of drug-likeness (QED) is 0.762. The highest BCUT2D eigenvalue weighted by atomic mass is 16.8. The van der Waals surface area contributed by atoms with Crippen LogP contribution in [0.3, 0.4) is 0 Å². The largest absolute Gasteiger partial charge is 0.367 e. The Bertz CT molecular complexity index is 413. The molecule has 19 heavy (non-hydrogen) atoms. The number of hydrogen-bond donors (Lipinski definition) is 0. The molecule has 0 aliphatic carbocycles. The molecule has 0 radical (unpaired) electrons. The van der Waals surface area contributed by atoms with E-state index >= 15 is 0 Å². The Labute approximate surface area is 115 Å². The first-order chi connectivity index (χ1) is 9.02. The molecule has 1 aromatic rings. The lowest BCUT2D eigenvalue weighted by molar-refractivity contribution is -0.155. The zero-order chi connectivity index (χ0) is 13.9. The Kier molecular flexibility index (Phi) is 4.40. The average Bonchev–Trinajstić information content (AvgIpc) is 2.65. The van der Waals surface area contributed by atoms with Crippen LogP contribution in [0, 0.1) is 0 Å². The van der Waals surface area contributed by atoms with Crippen LogP contribution in [-0.2, 0) is 20.8 Å². The molecule has 2 rings (SSSR count). The highest BCUT2D eigenvalue weighted by molar-refractivity contribution is 5.13. The van der Waals surface area contributed by atoms with Crippen LogP contribution < -0.4 is 0 Å². The lowest BCUT2D eigenvalue weighted by Gasteiger charge is -2.23. The van der Waals surface area contributed by atoms with Crippen molar-refractivity contribution in [2.24, 2.45) is 0 Å². The molecule has 1 aliphatic heterocycles. The normalized spacial score (nSPS) is 27.1. The van der Waals surface area contributed by atoms with Gasteiger partial charge in [-0.1, -0.05) is 36.4 Å². The SMILES string of the molecule is C=C[C@@H](OCc1ccccc1)[C@@H]1OC(C)(C)O[C@H]1C. The fraction of sp³-hybridized carbons (Fsp3) is 0.500. The van der Waals surface area contributed by atoms with Crippen LogP contribution in [0.1, 0.15) is 26.3 Å². The van der Waals surface area contributed by atoms with Crippen molar-refractivity contribution in [1.29, 1.82) is 0 Å². The lowest BCUT2D eigenvalue weighted by atomic mass is 10.1. The molecule has 1 fully saturated rings. The molecule has 104 valence electrons. The van der Waals surface area contributed by atoms with E-state index < -0.39 is 5.79 Å². The Hall–Kier alpha value is -1.16. The van der Waals surface area contributed by atoms with Gasteiger partial charge in [0, 0.05) is 0 Å². The summed E-state index contributed by atoms with van der Waals surface area (Å²) in [5.41, 5.74) is 1.14. The van der Waals surface area contributed by atoms with Crippen molar-refractivity contribution in [1.82, 2.24) is 0 Å². The van der Waals surface area contributed by atoms with Crippen LogP contribution in [0.2, 0.25) is 0 Å². The summed E-state index contributed by atoms with van der Waals surface area (Å²) in [6.07, 6.45) is 1.50. The highest BCUT2D eigenvalue weighted by Gasteiger charge is 2.42. The summed E-state index contributed by atoms with van der Waals surface area (Å²) in [7, 11) is 0. The summed E-state index contributed by atoms with van der Waals surface area (Å²) in [4.78, 5) is 0. The smallest absolute Gasteiger partial charge is 0.163 e. The van der Waals surface area contributed by atoms with Crippen molar-refractivity contribution < 1.29 is 14.2 Å². The fourth-order valence-corrected chi connectivity index (χ4v) is 2.36. The van der Waals surface area contributed by atoms with Crippen molar-refractivity contribution in [3.05, 3.63) is 48.6 Å². The molecule has 0 aromatic heterocycles. The van der Waals surface area contributed by atoms with Gasteiger partial charge in [0.1, 0.15) is 12.2 Å². The minimum Gasteiger partial charge on any atom is -0.367 e. The molecule has 0 spiro atoms. The summed E-state index contributed by atoms with van der Waals surface area (Å²) in [5, 5.41) is 0. The Morgan fingerprint density at radius 2 is 2.00 bits per heavy atom. The third kappa shape index (κ3) is 3.66. The second-order valence-corrected chi connectivity index (χ2v) is 5.30. The first kappa shape index (κ1) is 14.3. The van der Waals surface area contributed by atoms with Crippen LogP contribution in [0.5, 0.6) is 0 Å². The van der Waals surface area contributed by atoms with Crippen molar-refractivity contribution in [2.75, 3.05) is 0 Å². The van der Waals surface area contributed by atoms with Gasteiger partial charge in [0.15, 0.2) is 5.79 Å². The molecular weight excluding hydrogens is 240 g/mol. The molecule has 1 aliphatic rings. The molecule has 3 atom stereocenters. The maximum atomic E-state index is 5.90. The number of benzene rings is 1. The Morgan fingerprint density at radius 1 is 1.32 bits per heavy atom. The zero-order valence-corrected chi connectivity index (χ0v) is 11.8. The van der Waals surface area contributed by atoms with Crippen molar-refractivity contribution >= 4 is 0 Å². The van der Waals surface area contributed by atoms with E-state index in [9.17, 15) is 0 Å². The minimum absolute atomic E-state index is 0.00577. The van der Waals surface area contributed by atoms with Gasteiger partial charge in [-0.25, -0.2) is 0 Å². The van der Waals surface area contributed by atoms with Gasteiger partial charge in [0.25, 0.3) is 0 Å². The summed E-state index contributed by atoms with van der Waals surface area (Å²) >= 11 is 0. The van der Waals surface area contributed by atoms with Crippen molar-refractivity contribution in [2.45, 2.75) is 51.5 Å². The number of hydrogen-bond acceptors (Lipinski definition) is 3. The molecule has 1 heterocycles. The molecular formula is C16H22O3. The molecule has 3 nitrogen and oxygen atoms in total. The van der Waals surface area contributed by atoms with Gasteiger partial charge >= 0.3 is 0 Å². The monoisotopic (exact) mass is 262 g/mol. The first-order valence-corrected chi connectivity index (χ1v) is 6.65. The highest BCUT2D eigenvalue weighted by Crippen LogP contribution is 2.31. The van der Waals surface area contributed by atoms with E-state index in [1.54, 1.807) is 6.08 Å². The average molecular weight is 262 g/mol. The van der Waals surface area contributed by atoms with Gasteiger partial charge in [0.2, 0.25) is 0 Å². The number of ether oxygens (including phenoxy) is 3. The second-order valence-electron chi connectivity index (χ2n) is 5.30. The van der Waals surface area contributed by atoms with Crippen LogP contribution in [0.4, 0.5) is 0 Å². The fourth-order valence-electron chi connectivity index (χ4n) is 2.36. The second kappa shape index (κ2) is 5.87. The predicted molar refractivity (Wildman–Crippen MR) is 74.7 cm³/mol. The molecule has 3 heteroatoms. The van der Waals surface area contributed by atoms with E-state index in [4.69, 9.17) is 14.2 Å². The van der Waals surface area contributed by atoms with Crippen LogP contribution in [0.25, 0.3) is 0 Å². The van der Waals surface area contributed by atoms with Gasteiger partial charge in [0.05, 0.1) is 12.7 Å². The molecule has 0 unspecified atom stereocenters. The van der Waals surface area contributed by atoms with Crippen molar-refractivity contribution in [3.8, 4) is 0 Å². The van der Waals surface area contributed by atoms with Gasteiger partial charge in [-0.2, -0.15) is 0 Å². The third-order valence-electron chi connectivity index (χ3n) is 3.19. The topological polar surface area (TPSA) is 27.7 Å². The first-order valence-electron chi connectivity index (χ1n) is 6.65. The maximum absolute atomic E-state index is 5.90. The van der Waals surface area contributed by atoms with E-state index in [-0.39, 0.29) is 18.3 Å². The van der Waals surface area contributed by atoms with Crippen molar-refractivity contribution in [3.63, 3.8) is 0 Å².